The summed E-state index contributed by atoms with van der Waals surface area (Å²) in [6.45, 7) is 2.89. The molecule has 0 aliphatic heterocycles. The third-order valence-corrected chi connectivity index (χ3v) is 4.07. The molecule has 1 unspecified atom stereocenters. The SMILES string of the molecule is CC(=O)NC(CC(=O)OCC(=O)Nc1ccccc1Cl)c1ccc(C)cc1. The van der Waals surface area contributed by atoms with Crippen LogP contribution >= 0.6 is 11.6 Å². The highest BCUT2D eigenvalue weighted by molar-refractivity contribution is 6.33. The summed E-state index contributed by atoms with van der Waals surface area (Å²) in [6.07, 6.45) is -0.0813. The summed E-state index contributed by atoms with van der Waals surface area (Å²) in [5.41, 5.74) is 2.29. The number of anilines is 1. The highest BCUT2D eigenvalue weighted by atomic mass is 35.5. The van der Waals surface area contributed by atoms with Crippen LogP contribution in [0.5, 0.6) is 0 Å². The smallest absolute Gasteiger partial charge is 0.308 e. The summed E-state index contributed by atoms with van der Waals surface area (Å²) in [5.74, 6) is -1.35. The van der Waals surface area contributed by atoms with Gasteiger partial charge in [0.25, 0.3) is 5.91 Å². The quantitative estimate of drug-likeness (QED) is 0.712. The zero-order valence-corrected chi connectivity index (χ0v) is 15.9. The lowest BCUT2D eigenvalue weighted by molar-refractivity contribution is -0.148. The molecule has 0 heterocycles. The van der Waals surface area contributed by atoms with E-state index in [1.54, 1.807) is 24.3 Å². The van der Waals surface area contributed by atoms with Gasteiger partial charge in [0.15, 0.2) is 6.61 Å². The molecule has 0 fully saturated rings. The van der Waals surface area contributed by atoms with Crippen molar-refractivity contribution in [3.8, 4) is 0 Å². The van der Waals surface area contributed by atoms with Gasteiger partial charge >= 0.3 is 5.97 Å². The molecule has 142 valence electrons. The first-order valence-corrected chi connectivity index (χ1v) is 8.76. The van der Waals surface area contributed by atoms with Crippen LogP contribution in [-0.4, -0.2) is 24.4 Å². The van der Waals surface area contributed by atoms with Gasteiger partial charge in [-0.05, 0) is 24.6 Å². The molecular weight excluding hydrogens is 368 g/mol. The van der Waals surface area contributed by atoms with Crippen molar-refractivity contribution in [3.05, 3.63) is 64.7 Å². The Morgan fingerprint density at radius 3 is 2.37 bits per heavy atom. The van der Waals surface area contributed by atoms with Gasteiger partial charge in [0.2, 0.25) is 5.91 Å². The van der Waals surface area contributed by atoms with Crippen LogP contribution in [0.1, 0.15) is 30.5 Å². The van der Waals surface area contributed by atoms with Crippen molar-refractivity contribution in [2.24, 2.45) is 0 Å². The fraction of sp³-hybridized carbons (Fsp3) is 0.250. The Kier molecular flexibility index (Phi) is 7.37. The van der Waals surface area contributed by atoms with Gasteiger partial charge in [-0.15, -0.1) is 0 Å². The molecule has 7 heteroatoms. The number of halogens is 1. The molecule has 2 N–H and O–H groups in total. The number of para-hydroxylation sites is 1. The lowest BCUT2D eigenvalue weighted by Gasteiger charge is -2.18. The molecule has 27 heavy (non-hydrogen) atoms. The van der Waals surface area contributed by atoms with Gasteiger partial charge in [0, 0.05) is 6.92 Å². The van der Waals surface area contributed by atoms with Crippen LogP contribution in [0.3, 0.4) is 0 Å². The Morgan fingerprint density at radius 2 is 1.74 bits per heavy atom. The fourth-order valence-electron chi connectivity index (χ4n) is 2.42. The zero-order chi connectivity index (χ0) is 19.8. The number of hydrogen-bond donors (Lipinski definition) is 2. The molecule has 6 nitrogen and oxygen atoms in total. The number of carbonyl (C=O) groups excluding carboxylic acids is 3. The monoisotopic (exact) mass is 388 g/mol. The van der Waals surface area contributed by atoms with E-state index >= 15 is 0 Å². The van der Waals surface area contributed by atoms with Crippen molar-refractivity contribution < 1.29 is 19.1 Å². The first-order valence-electron chi connectivity index (χ1n) is 8.39. The average molecular weight is 389 g/mol. The lowest BCUT2D eigenvalue weighted by atomic mass is 10.0. The maximum absolute atomic E-state index is 12.1. The Labute approximate surface area is 162 Å². The van der Waals surface area contributed by atoms with E-state index in [4.69, 9.17) is 16.3 Å². The van der Waals surface area contributed by atoms with Crippen molar-refractivity contribution in [2.75, 3.05) is 11.9 Å². The molecule has 0 spiro atoms. The molecular formula is C20H21ClN2O4. The Morgan fingerprint density at radius 1 is 1.07 bits per heavy atom. The molecule has 0 bridgehead atoms. The minimum Gasteiger partial charge on any atom is -0.455 e. The van der Waals surface area contributed by atoms with E-state index in [0.717, 1.165) is 11.1 Å². The number of aryl methyl sites for hydroxylation is 1. The first-order chi connectivity index (χ1) is 12.8. The van der Waals surface area contributed by atoms with Crippen molar-refractivity contribution >= 4 is 35.1 Å². The predicted octanol–water partition coefficient (Wildman–Crippen LogP) is 3.40. The molecule has 2 aromatic rings. The molecule has 1 atom stereocenters. The van der Waals surface area contributed by atoms with Gasteiger partial charge in [0.1, 0.15) is 0 Å². The van der Waals surface area contributed by atoms with E-state index in [1.165, 1.54) is 6.92 Å². The number of amides is 2. The van der Waals surface area contributed by atoms with Crippen molar-refractivity contribution in [3.63, 3.8) is 0 Å². The summed E-state index contributed by atoms with van der Waals surface area (Å²) < 4.78 is 5.03. The number of ether oxygens (including phenoxy) is 1. The van der Waals surface area contributed by atoms with Crippen LogP contribution < -0.4 is 10.6 Å². The normalized spacial score (nSPS) is 11.4. The van der Waals surface area contributed by atoms with Crippen LogP contribution in [-0.2, 0) is 19.1 Å². The highest BCUT2D eigenvalue weighted by Crippen LogP contribution is 2.20. The van der Waals surface area contributed by atoms with E-state index in [9.17, 15) is 14.4 Å². The molecule has 0 saturated heterocycles. The second kappa shape index (κ2) is 9.73. The Balaban J connectivity index is 1.91. The molecule has 0 aromatic heterocycles. The number of carbonyl (C=O) groups is 3. The van der Waals surface area contributed by atoms with Gasteiger partial charge < -0.3 is 15.4 Å². The molecule has 2 aromatic carbocycles. The third kappa shape index (κ3) is 6.75. The average Bonchev–Trinajstić information content (AvgIpc) is 2.62. The topological polar surface area (TPSA) is 84.5 Å². The van der Waals surface area contributed by atoms with Gasteiger partial charge in [-0.2, -0.15) is 0 Å². The van der Waals surface area contributed by atoms with Gasteiger partial charge in [-0.1, -0.05) is 53.6 Å². The minimum absolute atomic E-state index is 0.0813. The van der Waals surface area contributed by atoms with Crippen LogP contribution in [0.25, 0.3) is 0 Å². The van der Waals surface area contributed by atoms with E-state index in [-0.39, 0.29) is 12.3 Å². The standard InChI is InChI=1S/C20H21ClN2O4/c1-13-7-9-15(10-8-13)18(22-14(2)24)11-20(26)27-12-19(25)23-17-6-4-3-5-16(17)21/h3-10,18H,11-12H2,1-2H3,(H,22,24)(H,23,25). The second-order valence-corrected chi connectivity index (χ2v) is 6.46. The van der Waals surface area contributed by atoms with Crippen molar-refractivity contribution in [1.29, 1.82) is 0 Å². The van der Waals surface area contributed by atoms with E-state index in [1.807, 2.05) is 31.2 Å². The Bertz CT molecular complexity index is 821. The fourth-order valence-corrected chi connectivity index (χ4v) is 2.60. The summed E-state index contributed by atoms with van der Waals surface area (Å²) in [4.78, 5) is 35.5. The second-order valence-electron chi connectivity index (χ2n) is 6.06. The van der Waals surface area contributed by atoms with Gasteiger partial charge in [-0.25, -0.2) is 0 Å². The van der Waals surface area contributed by atoms with E-state index < -0.39 is 24.5 Å². The maximum Gasteiger partial charge on any atom is 0.308 e. The maximum atomic E-state index is 12.1. The minimum atomic E-state index is -0.594. The summed E-state index contributed by atoms with van der Waals surface area (Å²) in [5, 5.41) is 5.69. The van der Waals surface area contributed by atoms with Gasteiger partial charge in [0.05, 0.1) is 23.2 Å². The molecule has 0 aliphatic rings. The summed E-state index contributed by atoms with van der Waals surface area (Å²) in [7, 11) is 0. The van der Waals surface area contributed by atoms with Crippen molar-refractivity contribution in [1.82, 2.24) is 5.32 Å². The third-order valence-electron chi connectivity index (χ3n) is 3.74. The number of hydrogen-bond acceptors (Lipinski definition) is 4. The van der Waals surface area contributed by atoms with E-state index in [2.05, 4.69) is 10.6 Å². The number of nitrogens with one attached hydrogen (secondary N) is 2. The number of rotatable bonds is 7. The highest BCUT2D eigenvalue weighted by Gasteiger charge is 2.19. The predicted molar refractivity (Wildman–Crippen MR) is 103 cm³/mol. The molecule has 0 saturated carbocycles. The largest absolute Gasteiger partial charge is 0.455 e. The van der Waals surface area contributed by atoms with Crippen LogP contribution in [0, 0.1) is 6.92 Å². The van der Waals surface area contributed by atoms with Crippen LogP contribution in [0.15, 0.2) is 48.5 Å². The van der Waals surface area contributed by atoms with Crippen LogP contribution in [0.4, 0.5) is 5.69 Å². The van der Waals surface area contributed by atoms with Crippen molar-refractivity contribution in [2.45, 2.75) is 26.3 Å². The number of esters is 1. The van der Waals surface area contributed by atoms with Gasteiger partial charge in [-0.3, -0.25) is 14.4 Å². The first kappa shape index (κ1) is 20.5. The molecule has 0 aliphatic carbocycles. The Hall–Kier alpha value is -2.86. The number of benzene rings is 2. The summed E-state index contributed by atoms with van der Waals surface area (Å²) >= 11 is 5.96. The lowest BCUT2D eigenvalue weighted by Crippen LogP contribution is -2.29. The van der Waals surface area contributed by atoms with E-state index in [0.29, 0.717) is 10.7 Å². The zero-order valence-electron chi connectivity index (χ0n) is 15.1. The molecule has 2 amide bonds. The molecule has 0 radical (unpaired) electrons. The van der Waals surface area contributed by atoms with Crippen LogP contribution in [0.2, 0.25) is 5.02 Å². The molecule has 2 rings (SSSR count). The summed E-state index contributed by atoms with van der Waals surface area (Å²) in [6, 6.07) is 13.7.